The predicted molar refractivity (Wildman–Crippen MR) is 114 cm³/mol. The van der Waals surface area contributed by atoms with Crippen molar-refractivity contribution in [3.63, 3.8) is 0 Å². The molecule has 0 spiro atoms. The maximum Gasteiger partial charge on any atom is 0.287 e. The number of hydrogen-bond acceptors (Lipinski definition) is 4. The molecule has 3 aromatic rings. The standard InChI is InChI=1S/C24H29NO4/c1-5-27-11-12-28-15-20-8-6-7-19(13-20)14-25-24(26)23-18(4)21-16(2)9-10-17(3)22(21)29-23/h6-10,13H,5,11-12,14-15H2,1-4H3,(H,25,26). The fourth-order valence-electron chi connectivity index (χ4n) is 3.44. The highest BCUT2D eigenvalue weighted by molar-refractivity contribution is 6.00. The van der Waals surface area contributed by atoms with Gasteiger partial charge >= 0.3 is 0 Å². The summed E-state index contributed by atoms with van der Waals surface area (Å²) in [5.41, 5.74) is 5.91. The quantitative estimate of drug-likeness (QED) is 0.527. The summed E-state index contributed by atoms with van der Waals surface area (Å²) < 4.78 is 16.8. The summed E-state index contributed by atoms with van der Waals surface area (Å²) in [4.78, 5) is 12.7. The second kappa shape index (κ2) is 9.72. The smallest absolute Gasteiger partial charge is 0.287 e. The molecule has 0 aliphatic rings. The second-order valence-electron chi connectivity index (χ2n) is 7.21. The highest BCUT2D eigenvalue weighted by atomic mass is 16.5. The van der Waals surface area contributed by atoms with Gasteiger partial charge in [0.2, 0.25) is 0 Å². The van der Waals surface area contributed by atoms with E-state index in [1.165, 1.54) is 0 Å². The van der Waals surface area contributed by atoms with Gasteiger partial charge in [-0.25, -0.2) is 0 Å². The first-order chi connectivity index (χ1) is 14.0. The van der Waals surface area contributed by atoms with Crippen LogP contribution in [0.2, 0.25) is 0 Å². The van der Waals surface area contributed by atoms with Crippen molar-refractivity contribution in [3.05, 3.63) is 70.0 Å². The molecule has 1 heterocycles. The molecule has 0 aliphatic heterocycles. The van der Waals surface area contributed by atoms with Gasteiger partial charge in [0.15, 0.2) is 5.76 Å². The largest absolute Gasteiger partial charge is 0.450 e. The van der Waals surface area contributed by atoms with Crippen molar-refractivity contribution in [2.75, 3.05) is 19.8 Å². The van der Waals surface area contributed by atoms with Crippen LogP contribution in [0.3, 0.4) is 0 Å². The Hall–Kier alpha value is -2.63. The summed E-state index contributed by atoms with van der Waals surface area (Å²) in [7, 11) is 0. The Labute approximate surface area is 172 Å². The average Bonchev–Trinajstić information content (AvgIpc) is 3.08. The molecule has 5 heteroatoms. The van der Waals surface area contributed by atoms with Crippen molar-refractivity contribution >= 4 is 16.9 Å². The summed E-state index contributed by atoms with van der Waals surface area (Å²) in [6.45, 7) is 10.8. The first kappa shape index (κ1) is 21.1. The third kappa shape index (κ3) is 5.05. The van der Waals surface area contributed by atoms with Crippen LogP contribution in [0.25, 0.3) is 11.0 Å². The Morgan fingerprint density at radius 1 is 1.00 bits per heavy atom. The lowest BCUT2D eigenvalue weighted by molar-refractivity contribution is 0.0453. The van der Waals surface area contributed by atoms with Crippen molar-refractivity contribution in [2.24, 2.45) is 0 Å². The Bertz CT molecular complexity index is 990. The van der Waals surface area contributed by atoms with Crippen molar-refractivity contribution in [2.45, 2.75) is 40.8 Å². The molecule has 0 saturated carbocycles. The summed E-state index contributed by atoms with van der Waals surface area (Å²) in [5, 5.41) is 4.00. The van der Waals surface area contributed by atoms with Crippen LogP contribution < -0.4 is 5.32 Å². The van der Waals surface area contributed by atoms with E-state index in [1.54, 1.807) is 0 Å². The normalized spacial score (nSPS) is 11.2. The molecule has 0 saturated heterocycles. The number of ether oxygens (including phenoxy) is 2. The van der Waals surface area contributed by atoms with E-state index in [0.717, 1.165) is 38.8 Å². The SMILES string of the molecule is CCOCCOCc1cccc(CNC(=O)c2oc3c(C)ccc(C)c3c2C)c1. The molecule has 3 rings (SSSR count). The second-order valence-corrected chi connectivity index (χ2v) is 7.21. The Balaban J connectivity index is 1.63. The molecule has 29 heavy (non-hydrogen) atoms. The van der Waals surface area contributed by atoms with Gasteiger partial charge in [0.25, 0.3) is 5.91 Å². The Kier molecular flexibility index (Phi) is 7.07. The lowest BCUT2D eigenvalue weighted by atomic mass is 10.0. The zero-order valence-electron chi connectivity index (χ0n) is 17.6. The fraction of sp³-hybridized carbons (Fsp3) is 0.375. The number of carbonyl (C=O) groups excluding carboxylic acids is 1. The van der Waals surface area contributed by atoms with Gasteiger partial charge in [0.05, 0.1) is 19.8 Å². The number of hydrogen-bond donors (Lipinski definition) is 1. The zero-order valence-corrected chi connectivity index (χ0v) is 17.6. The maximum absolute atomic E-state index is 12.7. The van der Waals surface area contributed by atoms with E-state index in [2.05, 4.69) is 11.4 Å². The molecule has 0 radical (unpaired) electrons. The van der Waals surface area contributed by atoms with Crippen LogP contribution in [0, 0.1) is 20.8 Å². The topological polar surface area (TPSA) is 60.7 Å². The first-order valence-corrected chi connectivity index (χ1v) is 10.0. The van der Waals surface area contributed by atoms with Crippen molar-refractivity contribution in [1.82, 2.24) is 5.32 Å². The van der Waals surface area contributed by atoms with Crippen molar-refractivity contribution < 1.29 is 18.7 Å². The molecule has 0 bridgehead atoms. The summed E-state index contributed by atoms with van der Waals surface area (Å²) >= 11 is 0. The molecule has 0 fully saturated rings. The predicted octanol–water partition coefficient (Wildman–Crippen LogP) is 4.84. The van der Waals surface area contributed by atoms with Gasteiger partial charge in [-0.15, -0.1) is 0 Å². The lowest BCUT2D eigenvalue weighted by Gasteiger charge is -2.08. The number of carbonyl (C=O) groups is 1. The van der Waals surface area contributed by atoms with Gasteiger partial charge in [0, 0.05) is 24.1 Å². The van der Waals surface area contributed by atoms with Gasteiger partial charge in [-0.05, 0) is 49.9 Å². The van der Waals surface area contributed by atoms with Crippen LogP contribution in [0.1, 0.15) is 45.3 Å². The van der Waals surface area contributed by atoms with E-state index in [-0.39, 0.29) is 5.91 Å². The minimum absolute atomic E-state index is 0.198. The fourth-order valence-corrected chi connectivity index (χ4v) is 3.44. The Morgan fingerprint density at radius 2 is 1.72 bits per heavy atom. The number of benzene rings is 2. The molecule has 2 aromatic carbocycles. The Morgan fingerprint density at radius 3 is 2.48 bits per heavy atom. The van der Waals surface area contributed by atoms with Crippen molar-refractivity contribution in [3.8, 4) is 0 Å². The molecule has 154 valence electrons. The van der Waals surface area contributed by atoms with Gasteiger partial charge in [-0.1, -0.05) is 36.4 Å². The summed E-state index contributed by atoms with van der Waals surface area (Å²) in [5.74, 6) is 0.184. The van der Waals surface area contributed by atoms with Crippen LogP contribution in [0.4, 0.5) is 0 Å². The third-order valence-electron chi connectivity index (χ3n) is 4.98. The molecular formula is C24H29NO4. The number of nitrogens with one attached hydrogen (secondary N) is 1. The number of rotatable bonds is 9. The molecule has 5 nitrogen and oxygen atoms in total. The van der Waals surface area contributed by atoms with Gasteiger partial charge in [-0.2, -0.15) is 0 Å². The number of furan rings is 1. The highest BCUT2D eigenvalue weighted by Crippen LogP contribution is 2.30. The molecule has 1 aromatic heterocycles. The minimum Gasteiger partial charge on any atom is -0.450 e. The first-order valence-electron chi connectivity index (χ1n) is 10.0. The number of fused-ring (bicyclic) bond motifs is 1. The monoisotopic (exact) mass is 395 g/mol. The van der Waals surface area contributed by atoms with Gasteiger partial charge < -0.3 is 19.2 Å². The van der Waals surface area contributed by atoms with Crippen LogP contribution in [-0.4, -0.2) is 25.7 Å². The van der Waals surface area contributed by atoms with E-state index in [4.69, 9.17) is 13.9 Å². The molecular weight excluding hydrogens is 366 g/mol. The molecule has 0 aliphatic carbocycles. The molecule has 1 N–H and O–H groups in total. The number of amides is 1. The van der Waals surface area contributed by atoms with E-state index >= 15 is 0 Å². The van der Waals surface area contributed by atoms with Crippen LogP contribution >= 0.6 is 0 Å². The van der Waals surface area contributed by atoms with Crippen molar-refractivity contribution in [1.29, 1.82) is 0 Å². The number of aryl methyl sites for hydroxylation is 3. The van der Waals surface area contributed by atoms with E-state index in [0.29, 0.717) is 38.7 Å². The van der Waals surface area contributed by atoms with Gasteiger partial charge in [-0.3, -0.25) is 4.79 Å². The van der Waals surface area contributed by atoms with Gasteiger partial charge in [0.1, 0.15) is 5.58 Å². The van der Waals surface area contributed by atoms with E-state index < -0.39 is 0 Å². The summed E-state index contributed by atoms with van der Waals surface area (Å²) in [6.07, 6.45) is 0. The maximum atomic E-state index is 12.7. The molecule has 0 unspecified atom stereocenters. The minimum atomic E-state index is -0.198. The summed E-state index contributed by atoms with van der Waals surface area (Å²) in [6, 6.07) is 12.1. The van der Waals surface area contributed by atoms with E-state index in [1.807, 2.05) is 58.0 Å². The average molecular weight is 395 g/mol. The molecule has 1 amide bonds. The highest BCUT2D eigenvalue weighted by Gasteiger charge is 2.19. The van der Waals surface area contributed by atoms with Crippen LogP contribution in [-0.2, 0) is 22.6 Å². The zero-order chi connectivity index (χ0) is 20.8. The third-order valence-corrected chi connectivity index (χ3v) is 4.98. The molecule has 0 atom stereocenters. The van der Waals surface area contributed by atoms with E-state index in [9.17, 15) is 4.79 Å². The lowest BCUT2D eigenvalue weighted by Crippen LogP contribution is -2.23. The van der Waals surface area contributed by atoms with Crippen LogP contribution in [0.15, 0.2) is 40.8 Å². The van der Waals surface area contributed by atoms with Crippen LogP contribution in [0.5, 0.6) is 0 Å².